The van der Waals surface area contributed by atoms with Gasteiger partial charge >= 0.3 is 12.0 Å². The van der Waals surface area contributed by atoms with Gasteiger partial charge in [0.2, 0.25) is 0 Å². The number of rotatable bonds is 8. The first-order valence-electron chi connectivity index (χ1n) is 7.34. The van der Waals surface area contributed by atoms with Crippen molar-refractivity contribution in [2.45, 2.75) is 13.5 Å². The van der Waals surface area contributed by atoms with Crippen LogP contribution in [0.25, 0.3) is 0 Å². The topological polar surface area (TPSA) is 97.3 Å². The molecule has 0 radical (unpaired) electrons. The zero-order valence-corrected chi connectivity index (χ0v) is 14.6. The number of hydrogen-bond donors (Lipinski definition) is 2. The Morgan fingerprint density at radius 3 is 2.17 bits per heavy atom. The number of ether oxygens (including phenoxy) is 3. The zero-order chi connectivity index (χ0) is 18.3. The van der Waals surface area contributed by atoms with Gasteiger partial charge < -0.3 is 29.5 Å². The average molecular weight is 340 g/mol. The highest BCUT2D eigenvalue weighted by Gasteiger charge is 2.18. The van der Waals surface area contributed by atoms with Crippen LogP contribution < -0.4 is 19.5 Å². The maximum absolute atomic E-state index is 12.1. The lowest BCUT2D eigenvalue weighted by Crippen LogP contribution is -2.40. The number of carbonyl (C=O) groups is 2. The number of urea groups is 1. The lowest BCUT2D eigenvalue weighted by atomic mass is 10.1. The number of carboxylic acids is 1. The van der Waals surface area contributed by atoms with Gasteiger partial charge in [-0.1, -0.05) is 6.92 Å². The Morgan fingerprint density at radius 1 is 1.12 bits per heavy atom. The van der Waals surface area contributed by atoms with E-state index >= 15 is 0 Å². The third kappa shape index (κ3) is 4.94. The summed E-state index contributed by atoms with van der Waals surface area (Å²) in [6.07, 6.45) is 0. The lowest BCUT2D eigenvalue weighted by molar-refractivity contribution is -0.141. The van der Waals surface area contributed by atoms with Crippen molar-refractivity contribution < 1.29 is 28.9 Å². The molecule has 0 saturated heterocycles. The van der Waals surface area contributed by atoms with Gasteiger partial charge in [-0.05, 0) is 6.07 Å². The van der Waals surface area contributed by atoms with Gasteiger partial charge in [0, 0.05) is 31.8 Å². The second kappa shape index (κ2) is 8.85. The van der Waals surface area contributed by atoms with Crippen molar-refractivity contribution in [3.05, 3.63) is 17.7 Å². The van der Waals surface area contributed by atoms with E-state index in [0.717, 1.165) is 0 Å². The van der Waals surface area contributed by atoms with E-state index in [1.165, 1.54) is 26.2 Å². The van der Waals surface area contributed by atoms with Crippen LogP contribution in [-0.4, -0.2) is 56.9 Å². The van der Waals surface area contributed by atoms with Gasteiger partial charge in [0.1, 0.15) is 5.75 Å². The molecule has 1 rings (SSSR count). The summed E-state index contributed by atoms with van der Waals surface area (Å²) in [5, 5.41) is 11.6. The average Bonchev–Trinajstić information content (AvgIpc) is 2.58. The molecule has 2 N–H and O–H groups in total. The van der Waals surface area contributed by atoms with Crippen LogP contribution in [0.15, 0.2) is 12.1 Å². The molecule has 0 saturated carbocycles. The highest BCUT2D eigenvalue weighted by atomic mass is 16.5. The number of benzene rings is 1. The molecule has 8 heteroatoms. The van der Waals surface area contributed by atoms with E-state index in [-0.39, 0.29) is 19.1 Å². The number of hydrogen-bond acceptors (Lipinski definition) is 5. The molecule has 134 valence electrons. The molecular formula is C16H24N2O6. The van der Waals surface area contributed by atoms with Crippen molar-refractivity contribution in [2.24, 2.45) is 5.92 Å². The number of carbonyl (C=O) groups excluding carboxylic acids is 1. The molecule has 8 nitrogen and oxygen atoms in total. The zero-order valence-electron chi connectivity index (χ0n) is 14.6. The summed E-state index contributed by atoms with van der Waals surface area (Å²) in [6.45, 7) is 1.86. The summed E-state index contributed by atoms with van der Waals surface area (Å²) >= 11 is 0. The molecule has 0 heterocycles. The summed E-state index contributed by atoms with van der Waals surface area (Å²) in [4.78, 5) is 24.3. The van der Waals surface area contributed by atoms with Gasteiger partial charge in [0.25, 0.3) is 0 Å². The number of nitrogens with zero attached hydrogens (tertiary/aromatic N) is 1. The van der Waals surface area contributed by atoms with E-state index in [4.69, 9.17) is 19.3 Å². The van der Waals surface area contributed by atoms with Crippen molar-refractivity contribution >= 4 is 12.0 Å². The fraction of sp³-hybridized carbons (Fsp3) is 0.500. The van der Waals surface area contributed by atoms with Crippen molar-refractivity contribution in [1.82, 2.24) is 10.2 Å². The summed E-state index contributed by atoms with van der Waals surface area (Å²) in [6, 6.07) is 3.02. The molecule has 1 aromatic carbocycles. The molecule has 1 aromatic rings. The van der Waals surface area contributed by atoms with Gasteiger partial charge in [-0.2, -0.15) is 0 Å². The first-order valence-corrected chi connectivity index (χ1v) is 7.34. The Kier molecular flexibility index (Phi) is 7.16. The third-order valence-electron chi connectivity index (χ3n) is 3.53. The van der Waals surface area contributed by atoms with Crippen LogP contribution in [0.4, 0.5) is 4.79 Å². The van der Waals surface area contributed by atoms with Crippen molar-refractivity contribution in [3.8, 4) is 17.2 Å². The molecule has 0 aromatic heterocycles. The smallest absolute Gasteiger partial charge is 0.317 e. The fourth-order valence-corrected chi connectivity index (χ4v) is 2.11. The molecule has 1 atom stereocenters. The summed E-state index contributed by atoms with van der Waals surface area (Å²) in [5.41, 5.74) is 0.711. The molecule has 24 heavy (non-hydrogen) atoms. The van der Waals surface area contributed by atoms with E-state index in [1.54, 1.807) is 26.1 Å². The Balaban J connectivity index is 2.79. The molecule has 1 unspecified atom stereocenters. The lowest BCUT2D eigenvalue weighted by Gasteiger charge is -2.20. The minimum atomic E-state index is -0.948. The van der Waals surface area contributed by atoms with E-state index in [2.05, 4.69) is 5.32 Å². The molecular weight excluding hydrogens is 316 g/mol. The third-order valence-corrected chi connectivity index (χ3v) is 3.53. The molecule has 0 aliphatic heterocycles. The first-order chi connectivity index (χ1) is 11.3. The van der Waals surface area contributed by atoms with Gasteiger partial charge in [-0.3, -0.25) is 4.79 Å². The van der Waals surface area contributed by atoms with Crippen LogP contribution in [0.2, 0.25) is 0 Å². The molecule has 0 aliphatic rings. The number of amides is 2. The highest BCUT2D eigenvalue weighted by Crippen LogP contribution is 2.34. The minimum Gasteiger partial charge on any atom is -0.496 e. The van der Waals surface area contributed by atoms with Crippen molar-refractivity contribution in [1.29, 1.82) is 0 Å². The minimum absolute atomic E-state index is 0.115. The van der Waals surface area contributed by atoms with Crippen LogP contribution in [0.5, 0.6) is 17.2 Å². The summed E-state index contributed by atoms with van der Waals surface area (Å²) < 4.78 is 15.7. The second-order valence-electron chi connectivity index (χ2n) is 5.30. The van der Waals surface area contributed by atoms with Crippen LogP contribution in [0, 0.1) is 5.92 Å². The molecule has 2 amide bonds. The highest BCUT2D eigenvalue weighted by molar-refractivity contribution is 5.75. The van der Waals surface area contributed by atoms with Gasteiger partial charge in [-0.15, -0.1) is 0 Å². The quantitative estimate of drug-likeness (QED) is 0.746. The predicted molar refractivity (Wildman–Crippen MR) is 87.8 cm³/mol. The van der Waals surface area contributed by atoms with Crippen LogP contribution >= 0.6 is 0 Å². The van der Waals surface area contributed by atoms with Crippen LogP contribution in [0.1, 0.15) is 12.5 Å². The fourth-order valence-electron chi connectivity index (χ4n) is 2.11. The molecule has 0 aliphatic carbocycles. The number of carboxylic acid groups (broad SMARTS) is 1. The molecule has 0 fully saturated rings. The Hall–Kier alpha value is -2.64. The normalized spacial score (nSPS) is 11.4. The van der Waals surface area contributed by atoms with E-state index in [9.17, 15) is 9.59 Å². The second-order valence-corrected chi connectivity index (χ2v) is 5.30. The number of nitrogens with one attached hydrogen (secondary N) is 1. The Bertz CT molecular complexity index is 590. The summed E-state index contributed by atoms with van der Waals surface area (Å²) in [5.74, 6) is 0.00862. The van der Waals surface area contributed by atoms with Gasteiger partial charge in [0.05, 0.1) is 27.2 Å². The number of methoxy groups -OCH3 is 3. The molecule has 0 bridgehead atoms. The summed E-state index contributed by atoms with van der Waals surface area (Å²) in [7, 11) is 6.11. The van der Waals surface area contributed by atoms with Crippen molar-refractivity contribution in [2.75, 3.05) is 34.9 Å². The maximum Gasteiger partial charge on any atom is 0.317 e. The van der Waals surface area contributed by atoms with E-state index in [0.29, 0.717) is 22.8 Å². The van der Waals surface area contributed by atoms with Crippen LogP contribution in [0.3, 0.4) is 0 Å². The SMILES string of the molecule is COc1cc(OC)c(OC)cc1CNC(=O)N(C)CC(C)C(=O)O. The number of aliphatic carboxylic acids is 1. The standard InChI is InChI=1S/C16H24N2O6/c1-10(15(19)20)9-18(2)16(21)17-8-11-6-13(23-4)14(24-5)7-12(11)22-3/h6-7,10H,8-9H2,1-5H3,(H,17,21)(H,19,20). The first kappa shape index (κ1) is 19.4. The Labute approximate surface area is 141 Å². The Morgan fingerprint density at radius 2 is 1.67 bits per heavy atom. The monoisotopic (exact) mass is 340 g/mol. The predicted octanol–water partition coefficient (Wildman–Crippen LogP) is 1.57. The molecule has 0 spiro atoms. The van der Waals surface area contributed by atoms with E-state index in [1.807, 2.05) is 0 Å². The van der Waals surface area contributed by atoms with E-state index < -0.39 is 11.9 Å². The largest absolute Gasteiger partial charge is 0.496 e. The maximum atomic E-state index is 12.1. The van der Waals surface area contributed by atoms with Gasteiger partial charge in [-0.25, -0.2) is 4.79 Å². The van der Waals surface area contributed by atoms with Crippen molar-refractivity contribution in [3.63, 3.8) is 0 Å². The van der Waals surface area contributed by atoms with Crippen LogP contribution in [-0.2, 0) is 11.3 Å². The van der Waals surface area contributed by atoms with Gasteiger partial charge in [0.15, 0.2) is 11.5 Å².